The molecule has 2 aromatic rings. The Hall–Kier alpha value is -4.16. The summed E-state index contributed by atoms with van der Waals surface area (Å²) in [4.78, 5) is 86.2. The summed E-state index contributed by atoms with van der Waals surface area (Å²) in [6.07, 6.45) is 3.08. The van der Waals surface area contributed by atoms with E-state index in [1.165, 1.54) is 9.80 Å². The highest BCUT2D eigenvalue weighted by molar-refractivity contribution is 6.33. The van der Waals surface area contributed by atoms with Gasteiger partial charge in [0.25, 0.3) is 23.6 Å². The van der Waals surface area contributed by atoms with Crippen LogP contribution < -0.4 is 10.6 Å². The van der Waals surface area contributed by atoms with Gasteiger partial charge in [-0.2, -0.15) is 0 Å². The third-order valence-corrected chi connectivity index (χ3v) is 9.26. The van der Waals surface area contributed by atoms with E-state index in [2.05, 4.69) is 20.4 Å². The molecule has 252 valence electrons. The molecule has 0 unspecified atom stereocenters. The fourth-order valence-electron chi connectivity index (χ4n) is 6.81. The Balaban J connectivity index is 1.33. The average Bonchev–Trinajstić information content (AvgIpc) is 3.01. The summed E-state index contributed by atoms with van der Waals surface area (Å²) in [7, 11) is 3.91. The van der Waals surface area contributed by atoms with Crippen molar-refractivity contribution in [1.29, 1.82) is 0 Å². The summed E-state index contributed by atoms with van der Waals surface area (Å²) in [6, 6.07) is 6.40. The molecule has 0 atom stereocenters. The molecule has 5 heterocycles. The minimum atomic E-state index is -0.482. The summed E-state index contributed by atoms with van der Waals surface area (Å²) < 4.78 is 0. The lowest BCUT2D eigenvalue weighted by atomic mass is 9.85. The van der Waals surface area contributed by atoms with Gasteiger partial charge >= 0.3 is 0 Å². The topological polar surface area (TPSA) is 139 Å². The quantitative estimate of drug-likeness (QED) is 0.417. The van der Waals surface area contributed by atoms with Crippen molar-refractivity contribution in [3.63, 3.8) is 0 Å². The van der Waals surface area contributed by atoms with Crippen LogP contribution in [0.15, 0.2) is 24.3 Å². The van der Waals surface area contributed by atoms with E-state index in [4.69, 9.17) is 0 Å². The van der Waals surface area contributed by atoms with Crippen molar-refractivity contribution < 1.29 is 28.8 Å². The third-order valence-electron chi connectivity index (χ3n) is 9.26. The zero-order chi connectivity index (χ0) is 33.9. The first kappa shape index (κ1) is 34.2. The largest absolute Gasteiger partial charge is 0.356 e. The Bertz CT molecular complexity index is 1420. The van der Waals surface area contributed by atoms with Crippen molar-refractivity contribution in [1.82, 2.24) is 30.2 Å². The molecule has 47 heavy (non-hydrogen) atoms. The van der Waals surface area contributed by atoms with Crippen LogP contribution in [0.5, 0.6) is 0 Å². The van der Waals surface area contributed by atoms with Crippen molar-refractivity contribution in [3.05, 3.63) is 46.5 Å². The zero-order valence-electron chi connectivity index (χ0n) is 27.9. The number of carbonyl (C=O) groups is 6. The van der Waals surface area contributed by atoms with E-state index in [0.717, 1.165) is 25.9 Å². The minimum absolute atomic E-state index is 0.0846. The minimum Gasteiger partial charge on any atom is -0.356 e. The zero-order valence-corrected chi connectivity index (χ0v) is 27.9. The first-order chi connectivity index (χ1) is 22.4. The standard InChI is InChI=1S/C35H46N6O6/c1-35(2)21-27(42)36-13-5-15-38(3)17-7-19-40-31(44)23-9-11-25-30-26(12-10-24(29(23)30)32(40)45)34(47)41(33(25)46)20-8-18-39(4)16-6-14-37-28(43)22-35/h9-12H,5-8,13-22H2,1-4H3,(H,36,42)(H,37,43). The lowest BCUT2D eigenvalue weighted by molar-refractivity contribution is -0.126. The van der Waals surface area contributed by atoms with Gasteiger partial charge in [0.15, 0.2) is 0 Å². The van der Waals surface area contributed by atoms with Crippen LogP contribution in [0.2, 0.25) is 0 Å². The molecule has 0 radical (unpaired) electrons. The predicted octanol–water partition coefficient (Wildman–Crippen LogP) is 2.51. The number of rotatable bonds is 0. The highest BCUT2D eigenvalue weighted by Crippen LogP contribution is 2.38. The first-order valence-corrected chi connectivity index (χ1v) is 16.6. The molecular weight excluding hydrogens is 600 g/mol. The SMILES string of the molecule is CN1CCCNC(=O)CC(C)(C)CC(=O)NCCCN(C)CCCN2C(=O)c3ccc4c5c(ccc(c35)C2=O)C(=O)N(CCC1)C4=O. The van der Waals surface area contributed by atoms with E-state index in [1.54, 1.807) is 24.3 Å². The van der Waals surface area contributed by atoms with Gasteiger partial charge in [-0.05, 0) is 95.6 Å². The summed E-state index contributed by atoms with van der Waals surface area (Å²) >= 11 is 0. The molecule has 5 aliphatic heterocycles. The highest BCUT2D eigenvalue weighted by atomic mass is 16.2. The van der Waals surface area contributed by atoms with E-state index in [0.29, 0.717) is 72.0 Å². The van der Waals surface area contributed by atoms with Crippen LogP contribution in [0.3, 0.4) is 0 Å². The van der Waals surface area contributed by atoms with Crippen LogP contribution in [0, 0.1) is 5.41 Å². The van der Waals surface area contributed by atoms with Crippen molar-refractivity contribution in [2.45, 2.75) is 52.4 Å². The van der Waals surface area contributed by atoms with Gasteiger partial charge in [0.2, 0.25) is 11.8 Å². The van der Waals surface area contributed by atoms with E-state index in [1.807, 2.05) is 27.9 Å². The molecule has 0 aromatic heterocycles. The van der Waals surface area contributed by atoms with Gasteiger partial charge in [-0.1, -0.05) is 13.8 Å². The van der Waals surface area contributed by atoms with Crippen LogP contribution in [-0.2, 0) is 9.59 Å². The Morgan fingerprint density at radius 2 is 0.830 bits per heavy atom. The van der Waals surface area contributed by atoms with Crippen LogP contribution in [-0.4, -0.2) is 121 Å². The summed E-state index contributed by atoms with van der Waals surface area (Å²) in [6.45, 7) is 8.02. The third kappa shape index (κ3) is 7.54. The Morgan fingerprint density at radius 3 is 1.17 bits per heavy atom. The van der Waals surface area contributed by atoms with Gasteiger partial charge in [0.1, 0.15) is 0 Å². The van der Waals surface area contributed by atoms with Crippen LogP contribution in [0.1, 0.15) is 93.8 Å². The van der Waals surface area contributed by atoms with Crippen molar-refractivity contribution in [2.75, 3.05) is 66.5 Å². The maximum absolute atomic E-state index is 13.6. The van der Waals surface area contributed by atoms with Crippen LogP contribution in [0.4, 0.5) is 0 Å². The number of hydrogen-bond donors (Lipinski definition) is 2. The van der Waals surface area contributed by atoms with Gasteiger partial charge in [0, 0.05) is 72.0 Å². The second kappa shape index (κ2) is 14.3. The fourth-order valence-corrected chi connectivity index (χ4v) is 6.81. The second-order valence-corrected chi connectivity index (χ2v) is 13.8. The number of nitrogens with one attached hydrogen (secondary N) is 2. The molecule has 2 N–H and O–H groups in total. The number of imide groups is 2. The van der Waals surface area contributed by atoms with Crippen molar-refractivity contribution >= 4 is 46.2 Å². The number of carbonyl (C=O) groups excluding carboxylic acids is 6. The van der Waals surface area contributed by atoms with Gasteiger partial charge < -0.3 is 20.4 Å². The molecule has 12 heteroatoms. The van der Waals surface area contributed by atoms with E-state index < -0.39 is 29.0 Å². The second-order valence-electron chi connectivity index (χ2n) is 13.8. The van der Waals surface area contributed by atoms with Gasteiger partial charge in [-0.3, -0.25) is 38.6 Å². The van der Waals surface area contributed by atoms with E-state index >= 15 is 0 Å². The molecule has 6 amide bonds. The first-order valence-electron chi connectivity index (χ1n) is 16.6. The van der Waals surface area contributed by atoms with Crippen molar-refractivity contribution in [2.24, 2.45) is 5.41 Å². The van der Waals surface area contributed by atoms with Gasteiger partial charge in [0.05, 0.1) is 0 Å². The van der Waals surface area contributed by atoms with E-state index in [9.17, 15) is 28.8 Å². The molecule has 5 aliphatic rings. The van der Waals surface area contributed by atoms with Crippen LogP contribution >= 0.6 is 0 Å². The van der Waals surface area contributed by atoms with Gasteiger partial charge in [-0.25, -0.2) is 0 Å². The molecule has 8 bridgehead atoms. The van der Waals surface area contributed by atoms with E-state index in [-0.39, 0.29) is 37.7 Å². The number of hydrogen-bond acceptors (Lipinski definition) is 8. The molecule has 0 saturated carbocycles. The average molecular weight is 647 g/mol. The molecule has 0 saturated heterocycles. The molecule has 2 aromatic carbocycles. The normalized spacial score (nSPS) is 21.8. The molecular formula is C35H46N6O6. The molecule has 12 nitrogen and oxygen atoms in total. The lowest BCUT2D eigenvalue weighted by Crippen LogP contribution is -2.44. The predicted molar refractivity (Wildman–Crippen MR) is 177 cm³/mol. The molecule has 0 fully saturated rings. The fraction of sp³-hybridized carbons (Fsp3) is 0.543. The lowest BCUT2D eigenvalue weighted by Gasteiger charge is -2.32. The Kier molecular flexibility index (Phi) is 10.4. The number of fused-ring (bicyclic) bond motifs is 2. The monoisotopic (exact) mass is 646 g/mol. The summed E-state index contributed by atoms with van der Waals surface area (Å²) in [5.41, 5.74) is 0.808. The Morgan fingerprint density at radius 1 is 0.511 bits per heavy atom. The number of nitrogens with zero attached hydrogens (tertiary/aromatic N) is 4. The molecule has 0 spiro atoms. The maximum atomic E-state index is 13.6. The smallest absolute Gasteiger partial charge is 0.261 e. The number of benzene rings is 2. The summed E-state index contributed by atoms with van der Waals surface area (Å²) in [5.74, 6) is -1.87. The maximum Gasteiger partial charge on any atom is 0.261 e. The van der Waals surface area contributed by atoms with Gasteiger partial charge in [-0.15, -0.1) is 0 Å². The van der Waals surface area contributed by atoms with Crippen molar-refractivity contribution in [3.8, 4) is 0 Å². The Labute approximate surface area is 275 Å². The highest BCUT2D eigenvalue weighted by Gasteiger charge is 2.39. The molecule has 7 rings (SSSR count). The summed E-state index contributed by atoms with van der Waals surface area (Å²) in [5, 5.41) is 6.69. The molecule has 0 aliphatic carbocycles. The van der Waals surface area contributed by atoms with Crippen LogP contribution in [0.25, 0.3) is 10.8 Å². The number of amides is 6.